The predicted octanol–water partition coefficient (Wildman–Crippen LogP) is 2.04. The minimum absolute atomic E-state index is 0.646. The molecular formula is C13H17N3. The van der Waals surface area contributed by atoms with Gasteiger partial charge in [-0.2, -0.15) is 0 Å². The molecule has 3 heterocycles. The summed E-state index contributed by atoms with van der Waals surface area (Å²) in [5, 5.41) is 3.48. The molecule has 16 heavy (non-hydrogen) atoms. The van der Waals surface area contributed by atoms with Gasteiger partial charge in [0.2, 0.25) is 0 Å². The van der Waals surface area contributed by atoms with Crippen molar-refractivity contribution >= 4 is 11.0 Å². The number of piperidine rings is 1. The SMILES string of the molecule is Cn1ccc2nccc(C3CCCNC3)c21. The van der Waals surface area contributed by atoms with Crippen LogP contribution in [0.3, 0.4) is 0 Å². The van der Waals surface area contributed by atoms with Crippen LogP contribution < -0.4 is 5.32 Å². The number of hydrogen-bond donors (Lipinski definition) is 1. The standard InChI is InChI=1S/C13H17N3/c1-16-8-5-12-13(16)11(4-7-15-12)10-3-2-6-14-9-10/h4-5,7-8,10,14H,2-3,6,9H2,1H3. The average Bonchev–Trinajstić information content (AvgIpc) is 2.73. The van der Waals surface area contributed by atoms with Gasteiger partial charge in [-0.15, -0.1) is 0 Å². The van der Waals surface area contributed by atoms with Crippen molar-refractivity contribution in [2.45, 2.75) is 18.8 Å². The third-order valence-electron chi connectivity index (χ3n) is 3.53. The molecule has 0 aliphatic carbocycles. The molecule has 1 atom stereocenters. The quantitative estimate of drug-likeness (QED) is 0.789. The van der Waals surface area contributed by atoms with Gasteiger partial charge in [0.25, 0.3) is 0 Å². The summed E-state index contributed by atoms with van der Waals surface area (Å²) in [7, 11) is 2.10. The first kappa shape index (κ1) is 9.85. The minimum Gasteiger partial charge on any atom is -0.349 e. The largest absolute Gasteiger partial charge is 0.349 e. The van der Waals surface area contributed by atoms with Crippen LogP contribution in [0, 0.1) is 0 Å². The van der Waals surface area contributed by atoms with E-state index in [1.54, 1.807) is 0 Å². The molecule has 1 saturated heterocycles. The van der Waals surface area contributed by atoms with Gasteiger partial charge in [-0.3, -0.25) is 4.98 Å². The molecule has 1 unspecified atom stereocenters. The summed E-state index contributed by atoms with van der Waals surface area (Å²) >= 11 is 0. The van der Waals surface area contributed by atoms with Crippen molar-refractivity contribution < 1.29 is 0 Å². The van der Waals surface area contributed by atoms with Gasteiger partial charge in [0.05, 0.1) is 11.0 Å². The zero-order valence-electron chi connectivity index (χ0n) is 9.61. The van der Waals surface area contributed by atoms with Crippen LogP contribution in [0.1, 0.15) is 24.3 Å². The molecule has 0 aromatic carbocycles. The maximum Gasteiger partial charge on any atom is 0.0883 e. The Labute approximate surface area is 95.5 Å². The van der Waals surface area contributed by atoms with Gasteiger partial charge in [-0.25, -0.2) is 0 Å². The lowest BCUT2D eigenvalue weighted by atomic mass is 9.91. The zero-order chi connectivity index (χ0) is 11.0. The fourth-order valence-electron chi connectivity index (χ4n) is 2.70. The summed E-state index contributed by atoms with van der Waals surface area (Å²) in [6.45, 7) is 2.27. The van der Waals surface area contributed by atoms with E-state index in [-0.39, 0.29) is 0 Å². The molecule has 1 aliphatic rings. The van der Waals surface area contributed by atoms with Crippen LogP contribution >= 0.6 is 0 Å². The molecule has 2 aromatic rings. The molecule has 0 saturated carbocycles. The highest BCUT2D eigenvalue weighted by atomic mass is 14.9. The third-order valence-corrected chi connectivity index (χ3v) is 3.53. The average molecular weight is 215 g/mol. The molecule has 3 heteroatoms. The molecule has 3 nitrogen and oxygen atoms in total. The zero-order valence-corrected chi connectivity index (χ0v) is 9.61. The molecule has 0 radical (unpaired) electrons. The molecule has 1 N–H and O–H groups in total. The van der Waals surface area contributed by atoms with Crippen molar-refractivity contribution in [2.24, 2.45) is 7.05 Å². The number of aryl methyl sites for hydroxylation is 1. The Morgan fingerprint density at radius 2 is 2.38 bits per heavy atom. The number of aromatic nitrogens is 2. The highest BCUT2D eigenvalue weighted by molar-refractivity contribution is 5.79. The molecule has 1 fully saturated rings. The molecule has 1 aliphatic heterocycles. The Balaban J connectivity index is 2.10. The summed E-state index contributed by atoms with van der Waals surface area (Å²) in [5.74, 6) is 0.646. The number of rotatable bonds is 1. The smallest absolute Gasteiger partial charge is 0.0883 e. The van der Waals surface area contributed by atoms with E-state index in [0.717, 1.165) is 18.6 Å². The van der Waals surface area contributed by atoms with Gasteiger partial charge < -0.3 is 9.88 Å². The second kappa shape index (κ2) is 3.91. The van der Waals surface area contributed by atoms with E-state index in [2.05, 4.69) is 40.2 Å². The van der Waals surface area contributed by atoms with Crippen LogP contribution in [0.25, 0.3) is 11.0 Å². The van der Waals surface area contributed by atoms with Crippen LogP contribution in [-0.4, -0.2) is 22.6 Å². The van der Waals surface area contributed by atoms with Gasteiger partial charge in [-0.05, 0) is 43.0 Å². The van der Waals surface area contributed by atoms with Gasteiger partial charge in [-0.1, -0.05) is 0 Å². The molecule has 0 spiro atoms. The highest BCUT2D eigenvalue weighted by Crippen LogP contribution is 2.28. The number of fused-ring (bicyclic) bond motifs is 1. The van der Waals surface area contributed by atoms with E-state index in [1.807, 2.05) is 6.20 Å². The van der Waals surface area contributed by atoms with E-state index in [9.17, 15) is 0 Å². The lowest BCUT2D eigenvalue weighted by Crippen LogP contribution is -2.28. The first-order valence-corrected chi connectivity index (χ1v) is 5.97. The van der Waals surface area contributed by atoms with Crippen molar-refractivity contribution in [1.82, 2.24) is 14.9 Å². The fourth-order valence-corrected chi connectivity index (χ4v) is 2.70. The Kier molecular flexibility index (Phi) is 2.40. The Bertz CT molecular complexity index is 495. The number of nitrogens with zero attached hydrogens (tertiary/aromatic N) is 2. The second-order valence-corrected chi connectivity index (χ2v) is 4.60. The summed E-state index contributed by atoms with van der Waals surface area (Å²) in [6, 6.07) is 4.27. The van der Waals surface area contributed by atoms with Gasteiger partial charge in [0.15, 0.2) is 0 Å². The van der Waals surface area contributed by atoms with Crippen molar-refractivity contribution in [1.29, 1.82) is 0 Å². The number of nitrogens with one attached hydrogen (secondary N) is 1. The highest BCUT2D eigenvalue weighted by Gasteiger charge is 2.18. The monoisotopic (exact) mass is 215 g/mol. The van der Waals surface area contributed by atoms with Crippen molar-refractivity contribution in [3.63, 3.8) is 0 Å². The second-order valence-electron chi connectivity index (χ2n) is 4.60. The van der Waals surface area contributed by atoms with Gasteiger partial charge in [0.1, 0.15) is 0 Å². The molecular weight excluding hydrogens is 198 g/mol. The predicted molar refractivity (Wildman–Crippen MR) is 65.6 cm³/mol. The molecule has 2 aromatic heterocycles. The van der Waals surface area contributed by atoms with Crippen molar-refractivity contribution in [2.75, 3.05) is 13.1 Å². The Morgan fingerprint density at radius 1 is 1.44 bits per heavy atom. The van der Waals surface area contributed by atoms with Gasteiger partial charge >= 0.3 is 0 Å². The third kappa shape index (κ3) is 1.52. The first-order chi connectivity index (χ1) is 7.86. The summed E-state index contributed by atoms with van der Waals surface area (Å²) < 4.78 is 2.19. The van der Waals surface area contributed by atoms with Crippen LogP contribution in [0.4, 0.5) is 0 Å². The topological polar surface area (TPSA) is 29.9 Å². The molecule has 84 valence electrons. The molecule has 3 rings (SSSR count). The van der Waals surface area contributed by atoms with Crippen molar-refractivity contribution in [3.8, 4) is 0 Å². The first-order valence-electron chi connectivity index (χ1n) is 5.97. The Hall–Kier alpha value is -1.35. The van der Waals surface area contributed by atoms with E-state index >= 15 is 0 Å². The number of hydrogen-bond acceptors (Lipinski definition) is 2. The van der Waals surface area contributed by atoms with Crippen molar-refractivity contribution in [3.05, 3.63) is 30.1 Å². The maximum absolute atomic E-state index is 4.42. The summed E-state index contributed by atoms with van der Waals surface area (Å²) in [5.41, 5.74) is 3.87. The summed E-state index contributed by atoms with van der Waals surface area (Å²) in [4.78, 5) is 4.42. The van der Waals surface area contributed by atoms with Crippen LogP contribution in [0.2, 0.25) is 0 Å². The number of pyridine rings is 1. The maximum atomic E-state index is 4.42. The van der Waals surface area contributed by atoms with E-state index < -0.39 is 0 Å². The van der Waals surface area contributed by atoms with Gasteiger partial charge in [0, 0.05) is 26.0 Å². The normalized spacial score (nSPS) is 21.4. The van der Waals surface area contributed by atoms with E-state index in [1.165, 1.54) is 23.9 Å². The van der Waals surface area contributed by atoms with E-state index in [4.69, 9.17) is 0 Å². The summed E-state index contributed by atoms with van der Waals surface area (Å²) in [6.07, 6.45) is 6.60. The fraction of sp³-hybridized carbons (Fsp3) is 0.462. The Morgan fingerprint density at radius 3 is 3.19 bits per heavy atom. The lowest BCUT2D eigenvalue weighted by molar-refractivity contribution is 0.462. The van der Waals surface area contributed by atoms with Crippen LogP contribution in [0.5, 0.6) is 0 Å². The minimum atomic E-state index is 0.646. The van der Waals surface area contributed by atoms with Crippen LogP contribution in [-0.2, 0) is 7.05 Å². The van der Waals surface area contributed by atoms with Crippen LogP contribution in [0.15, 0.2) is 24.5 Å². The molecule has 0 bridgehead atoms. The van der Waals surface area contributed by atoms with E-state index in [0.29, 0.717) is 5.92 Å². The molecule has 0 amide bonds. The lowest BCUT2D eigenvalue weighted by Gasteiger charge is -2.23.